The molecule has 3 rings (SSSR count). The van der Waals surface area contributed by atoms with Crippen molar-refractivity contribution in [1.82, 2.24) is 10.5 Å². The fourth-order valence-corrected chi connectivity index (χ4v) is 2.70. The highest BCUT2D eigenvalue weighted by Gasteiger charge is 2.30. The summed E-state index contributed by atoms with van der Waals surface area (Å²) in [5.41, 5.74) is 6.77. The maximum Gasteiger partial charge on any atom is 0.273 e. The molecular formula is C16H19N3O2. The van der Waals surface area contributed by atoms with E-state index >= 15 is 0 Å². The molecule has 1 aromatic heterocycles. The molecule has 110 valence electrons. The number of amides is 1. The highest BCUT2D eigenvalue weighted by molar-refractivity contribution is 5.93. The molecule has 0 saturated heterocycles. The van der Waals surface area contributed by atoms with Crippen LogP contribution in [-0.2, 0) is 0 Å². The molecule has 1 amide bonds. The average molecular weight is 285 g/mol. The van der Waals surface area contributed by atoms with Crippen molar-refractivity contribution in [3.63, 3.8) is 0 Å². The molecule has 5 heteroatoms. The van der Waals surface area contributed by atoms with E-state index in [0.717, 1.165) is 31.4 Å². The minimum absolute atomic E-state index is 0.169. The van der Waals surface area contributed by atoms with E-state index in [1.165, 1.54) is 0 Å². The predicted molar refractivity (Wildman–Crippen MR) is 79.6 cm³/mol. The van der Waals surface area contributed by atoms with Gasteiger partial charge in [-0.05, 0) is 31.7 Å². The van der Waals surface area contributed by atoms with Gasteiger partial charge in [-0.25, -0.2) is 0 Å². The van der Waals surface area contributed by atoms with E-state index in [0.29, 0.717) is 17.4 Å². The smallest absolute Gasteiger partial charge is 0.273 e. The van der Waals surface area contributed by atoms with E-state index in [9.17, 15) is 4.79 Å². The van der Waals surface area contributed by atoms with Crippen LogP contribution < -0.4 is 11.1 Å². The van der Waals surface area contributed by atoms with Gasteiger partial charge in [-0.1, -0.05) is 35.5 Å². The second-order valence-electron chi connectivity index (χ2n) is 5.53. The molecule has 0 aliphatic heterocycles. The number of rotatable bonds is 5. The standard InChI is InChI=1S/C16H19N3O2/c17-7-6-11-8-13(9-11)18-16(20)14-10-15(21-19-14)12-4-2-1-3-5-12/h1-5,10-11,13H,6-9,17H2,(H,18,20)/t11-,13+. The lowest BCUT2D eigenvalue weighted by molar-refractivity contribution is 0.0878. The van der Waals surface area contributed by atoms with Crippen LogP contribution in [0.3, 0.4) is 0 Å². The van der Waals surface area contributed by atoms with Crippen molar-refractivity contribution in [2.75, 3.05) is 6.54 Å². The van der Waals surface area contributed by atoms with Gasteiger partial charge < -0.3 is 15.6 Å². The summed E-state index contributed by atoms with van der Waals surface area (Å²) in [6, 6.07) is 11.5. The molecule has 1 aliphatic rings. The van der Waals surface area contributed by atoms with Gasteiger partial charge in [0.1, 0.15) is 0 Å². The summed E-state index contributed by atoms with van der Waals surface area (Å²) in [6.07, 6.45) is 3.05. The fourth-order valence-electron chi connectivity index (χ4n) is 2.70. The Bertz CT molecular complexity index is 603. The molecule has 0 bridgehead atoms. The number of nitrogens with two attached hydrogens (primary N) is 1. The summed E-state index contributed by atoms with van der Waals surface area (Å²) < 4.78 is 5.24. The minimum atomic E-state index is -0.169. The van der Waals surface area contributed by atoms with E-state index in [4.69, 9.17) is 10.3 Å². The van der Waals surface area contributed by atoms with Crippen LogP contribution in [0.4, 0.5) is 0 Å². The topological polar surface area (TPSA) is 81.1 Å². The molecule has 5 nitrogen and oxygen atoms in total. The molecule has 1 aromatic carbocycles. The van der Waals surface area contributed by atoms with E-state index < -0.39 is 0 Å². The third-order valence-corrected chi connectivity index (χ3v) is 3.95. The van der Waals surface area contributed by atoms with E-state index in [1.54, 1.807) is 6.07 Å². The van der Waals surface area contributed by atoms with Crippen LogP contribution in [0.2, 0.25) is 0 Å². The summed E-state index contributed by atoms with van der Waals surface area (Å²) in [5, 5.41) is 6.84. The number of hydrogen-bond donors (Lipinski definition) is 2. The van der Waals surface area contributed by atoms with Gasteiger partial charge in [-0.3, -0.25) is 4.79 Å². The van der Waals surface area contributed by atoms with E-state index in [2.05, 4.69) is 10.5 Å². The molecule has 0 unspecified atom stereocenters. The summed E-state index contributed by atoms with van der Waals surface area (Å²) in [4.78, 5) is 12.1. The first-order chi connectivity index (χ1) is 10.3. The third kappa shape index (κ3) is 3.13. The maximum absolute atomic E-state index is 12.1. The lowest BCUT2D eigenvalue weighted by Crippen LogP contribution is -2.44. The Balaban J connectivity index is 1.58. The second kappa shape index (κ2) is 6.10. The van der Waals surface area contributed by atoms with Crippen molar-refractivity contribution in [3.8, 4) is 11.3 Å². The second-order valence-corrected chi connectivity index (χ2v) is 5.53. The van der Waals surface area contributed by atoms with Crippen LogP contribution in [-0.4, -0.2) is 23.7 Å². The highest BCUT2D eigenvalue weighted by atomic mass is 16.5. The van der Waals surface area contributed by atoms with Gasteiger partial charge in [-0.2, -0.15) is 0 Å². The molecular weight excluding hydrogens is 266 g/mol. The number of hydrogen-bond acceptors (Lipinski definition) is 4. The zero-order valence-corrected chi connectivity index (χ0v) is 11.8. The van der Waals surface area contributed by atoms with Crippen LogP contribution >= 0.6 is 0 Å². The quantitative estimate of drug-likeness (QED) is 0.882. The van der Waals surface area contributed by atoms with Crippen LogP contribution in [0.1, 0.15) is 29.8 Å². The van der Waals surface area contributed by atoms with Crippen LogP contribution in [0, 0.1) is 5.92 Å². The van der Waals surface area contributed by atoms with Crippen LogP contribution in [0.15, 0.2) is 40.9 Å². The van der Waals surface area contributed by atoms with Gasteiger partial charge in [-0.15, -0.1) is 0 Å². The van der Waals surface area contributed by atoms with Crippen molar-refractivity contribution >= 4 is 5.91 Å². The predicted octanol–water partition coefficient (Wildman–Crippen LogP) is 2.20. The first kappa shape index (κ1) is 13.8. The Kier molecular flexibility index (Phi) is 4.01. The number of nitrogens with zero attached hydrogens (tertiary/aromatic N) is 1. The first-order valence-electron chi connectivity index (χ1n) is 7.29. The monoisotopic (exact) mass is 285 g/mol. The number of carbonyl (C=O) groups excluding carboxylic acids is 1. The maximum atomic E-state index is 12.1. The van der Waals surface area contributed by atoms with Gasteiger partial charge in [0, 0.05) is 17.7 Å². The van der Waals surface area contributed by atoms with Gasteiger partial charge in [0.2, 0.25) is 0 Å². The van der Waals surface area contributed by atoms with Gasteiger partial charge >= 0.3 is 0 Å². The molecule has 1 heterocycles. The van der Waals surface area contributed by atoms with Gasteiger partial charge in [0.15, 0.2) is 11.5 Å². The van der Waals surface area contributed by atoms with Crippen molar-refractivity contribution in [3.05, 3.63) is 42.1 Å². The van der Waals surface area contributed by atoms with E-state index in [1.807, 2.05) is 30.3 Å². The molecule has 21 heavy (non-hydrogen) atoms. The van der Waals surface area contributed by atoms with Crippen LogP contribution in [0.25, 0.3) is 11.3 Å². The average Bonchev–Trinajstić information content (AvgIpc) is 2.96. The molecule has 1 fully saturated rings. The lowest BCUT2D eigenvalue weighted by Gasteiger charge is -2.35. The lowest BCUT2D eigenvalue weighted by atomic mass is 9.78. The first-order valence-corrected chi connectivity index (χ1v) is 7.29. The van der Waals surface area contributed by atoms with Gasteiger partial charge in [0.25, 0.3) is 5.91 Å². The Morgan fingerprint density at radius 2 is 2.10 bits per heavy atom. The molecule has 2 aromatic rings. The van der Waals surface area contributed by atoms with Crippen molar-refractivity contribution in [2.45, 2.75) is 25.3 Å². The van der Waals surface area contributed by atoms with Gasteiger partial charge in [0.05, 0.1) is 0 Å². The molecule has 1 aliphatic carbocycles. The Morgan fingerprint density at radius 1 is 1.33 bits per heavy atom. The largest absolute Gasteiger partial charge is 0.355 e. The number of aromatic nitrogens is 1. The number of carbonyl (C=O) groups is 1. The molecule has 0 spiro atoms. The Labute approximate surface area is 123 Å². The molecule has 0 atom stereocenters. The summed E-state index contributed by atoms with van der Waals surface area (Å²) in [5.74, 6) is 1.09. The SMILES string of the molecule is NCC[C@H]1C[C@@H](NC(=O)c2cc(-c3ccccc3)on2)C1. The number of nitrogens with one attached hydrogen (secondary N) is 1. The molecule has 1 saturated carbocycles. The third-order valence-electron chi connectivity index (χ3n) is 3.95. The fraction of sp³-hybridized carbons (Fsp3) is 0.375. The summed E-state index contributed by atoms with van der Waals surface area (Å²) in [6.45, 7) is 0.717. The molecule has 3 N–H and O–H groups in total. The van der Waals surface area contributed by atoms with Crippen molar-refractivity contribution < 1.29 is 9.32 Å². The zero-order chi connectivity index (χ0) is 14.7. The summed E-state index contributed by atoms with van der Waals surface area (Å²) in [7, 11) is 0. The highest BCUT2D eigenvalue weighted by Crippen LogP contribution is 2.30. The zero-order valence-electron chi connectivity index (χ0n) is 11.8. The normalized spacial score (nSPS) is 20.8. The van der Waals surface area contributed by atoms with Crippen molar-refractivity contribution in [2.24, 2.45) is 11.7 Å². The summed E-state index contributed by atoms with van der Waals surface area (Å²) >= 11 is 0. The molecule has 0 radical (unpaired) electrons. The number of benzene rings is 1. The van der Waals surface area contributed by atoms with Crippen LogP contribution in [0.5, 0.6) is 0 Å². The van der Waals surface area contributed by atoms with Crippen molar-refractivity contribution in [1.29, 1.82) is 0 Å². The Hall–Kier alpha value is -2.14. The Morgan fingerprint density at radius 3 is 2.81 bits per heavy atom. The minimum Gasteiger partial charge on any atom is -0.355 e. The van der Waals surface area contributed by atoms with E-state index in [-0.39, 0.29) is 11.9 Å².